The van der Waals surface area contributed by atoms with Crippen molar-refractivity contribution in [1.29, 1.82) is 0 Å². The van der Waals surface area contributed by atoms with E-state index in [0.717, 1.165) is 38.9 Å². The number of aromatic nitrogens is 2. The molecule has 2 heterocycles. The number of hydrogen-bond donors (Lipinski definition) is 1. The lowest BCUT2D eigenvalue weighted by Gasteiger charge is -2.12. The average Bonchev–Trinajstić information content (AvgIpc) is 3.57. The second-order valence-corrected chi connectivity index (χ2v) is 9.16. The number of para-hydroxylation sites is 1. The van der Waals surface area contributed by atoms with E-state index in [0.29, 0.717) is 36.8 Å². The van der Waals surface area contributed by atoms with Crippen LogP contribution in [0.2, 0.25) is 0 Å². The molecule has 0 atom stereocenters. The predicted molar refractivity (Wildman–Crippen MR) is 148 cm³/mol. The molecule has 2 aromatic heterocycles. The summed E-state index contributed by atoms with van der Waals surface area (Å²) >= 11 is 0. The maximum atomic E-state index is 12.1. The smallest absolute Gasteiger partial charge is 0.310 e. The van der Waals surface area contributed by atoms with Crippen LogP contribution in [0.25, 0.3) is 22.1 Å². The Labute approximate surface area is 226 Å². The van der Waals surface area contributed by atoms with E-state index in [9.17, 15) is 4.79 Å². The minimum atomic E-state index is -0.290. The van der Waals surface area contributed by atoms with E-state index in [-0.39, 0.29) is 19.0 Å². The monoisotopic (exact) mass is 525 g/mol. The fourth-order valence-corrected chi connectivity index (χ4v) is 4.42. The summed E-state index contributed by atoms with van der Waals surface area (Å²) in [7, 11) is 1.87. The van der Waals surface area contributed by atoms with Crippen molar-refractivity contribution in [1.82, 2.24) is 9.78 Å². The normalized spacial score (nSPS) is 11.1. The van der Waals surface area contributed by atoms with Gasteiger partial charge in [-0.3, -0.25) is 9.48 Å². The molecule has 0 radical (unpaired) electrons. The first kappa shape index (κ1) is 26.1. The summed E-state index contributed by atoms with van der Waals surface area (Å²) in [6.07, 6.45) is 3.71. The van der Waals surface area contributed by atoms with Crippen molar-refractivity contribution >= 4 is 16.9 Å². The first-order chi connectivity index (χ1) is 19.0. The molecule has 0 aliphatic rings. The minimum Gasteiger partial charge on any atom is -0.488 e. The molecule has 8 nitrogen and oxygen atoms in total. The van der Waals surface area contributed by atoms with Crippen molar-refractivity contribution in [2.45, 2.75) is 33.1 Å². The third-order valence-electron chi connectivity index (χ3n) is 6.36. The number of carbonyl (C=O) groups is 1. The molecule has 0 saturated carbocycles. The van der Waals surface area contributed by atoms with Gasteiger partial charge >= 0.3 is 5.97 Å². The number of carbonyl (C=O) groups excluding carboxylic acids is 1. The molecule has 0 aliphatic heterocycles. The number of nitrogens with two attached hydrogens (primary N) is 1. The lowest BCUT2D eigenvalue weighted by molar-refractivity contribution is -0.142. The number of rotatable bonds is 11. The summed E-state index contributed by atoms with van der Waals surface area (Å²) in [5.74, 6) is 0.944. The molecule has 0 spiro atoms. The second-order valence-electron chi connectivity index (χ2n) is 9.16. The van der Waals surface area contributed by atoms with Crippen LogP contribution >= 0.6 is 0 Å². The number of hydrogen-bond acceptors (Lipinski definition) is 7. The maximum Gasteiger partial charge on any atom is 0.310 e. The molecule has 8 heteroatoms. The zero-order valence-corrected chi connectivity index (χ0v) is 22.1. The Morgan fingerprint density at radius 1 is 0.949 bits per heavy atom. The third kappa shape index (κ3) is 6.13. The van der Waals surface area contributed by atoms with Crippen molar-refractivity contribution in [3.8, 4) is 22.6 Å². The average molecular weight is 526 g/mol. The van der Waals surface area contributed by atoms with Crippen LogP contribution in [0, 0.1) is 0 Å². The van der Waals surface area contributed by atoms with E-state index in [1.807, 2.05) is 67.8 Å². The van der Waals surface area contributed by atoms with E-state index in [2.05, 4.69) is 17.2 Å². The molecule has 0 bridgehead atoms. The summed E-state index contributed by atoms with van der Waals surface area (Å²) in [6.45, 7) is 3.13. The van der Waals surface area contributed by atoms with Gasteiger partial charge in [0.1, 0.15) is 19.0 Å². The van der Waals surface area contributed by atoms with Gasteiger partial charge < -0.3 is 24.4 Å². The highest BCUT2D eigenvalue weighted by Gasteiger charge is 2.17. The van der Waals surface area contributed by atoms with E-state index in [4.69, 9.17) is 24.4 Å². The quantitative estimate of drug-likeness (QED) is 0.225. The highest BCUT2D eigenvalue weighted by molar-refractivity contribution is 5.91. The van der Waals surface area contributed by atoms with E-state index < -0.39 is 0 Å². The Hall–Kier alpha value is -4.56. The predicted octanol–water partition coefficient (Wildman–Crippen LogP) is 5.56. The number of benzene rings is 3. The zero-order chi connectivity index (χ0) is 27.2. The molecule has 3 aromatic carbocycles. The fraction of sp³-hybridized carbons (Fsp3) is 0.226. The number of ether oxygens (including phenoxy) is 3. The first-order valence-corrected chi connectivity index (χ1v) is 12.8. The Morgan fingerprint density at radius 2 is 1.79 bits per heavy atom. The summed E-state index contributed by atoms with van der Waals surface area (Å²) < 4.78 is 25.3. The van der Waals surface area contributed by atoms with Gasteiger partial charge in [-0.05, 0) is 53.9 Å². The largest absolute Gasteiger partial charge is 0.488 e. The van der Waals surface area contributed by atoms with Gasteiger partial charge in [-0.2, -0.15) is 5.10 Å². The molecule has 5 rings (SSSR count). The first-order valence-electron chi connectivity index (χ1n) is 12.8. The van der Waals surface area contributed by atoms with Crippen LogP contribution in [0.15, 0.2) is 83.6 Å². The molecule has 0 aliphatic carbocycles. The molecule has 0 unspecified atom stereocenters. The molecule has 200 valence electrons. The second kappa shape index (κ2) is 11.9. The molecular weight excluding hydrogens is 494 g/mol. The maximum absolute atomic E-state index is 12.1. The van der Waals surface area contributed by atoms with Crippen molar-refractivity contribution in [2.24, 2.45) is 12.8 Å². The minimum absolute atomic E-state index is 0.142. The van der Waals surface area contributed by atoms with Crippen molar-refractivity contribution < 1.29 is 23.4 Å². The number of esters is 1. The van der Waals surface area contributed by atoms with Crippen LogP contribution in [-0.2, 0) is 42.8 Å². The van der Waals surface area contributed by atoms with Crippen LogP contribution in [0.5, 0.6) is 11.5 Å². The summed E-state index contributed by atoms with van der Waals surface area (Å²) in [4.78, 5) is 12.1. The number of fused-ring (bicyclic) bond motifs is 1. The summed E-state index contributed by atoms with van der Waals surface area (Å²) in [6, 6.07) is 21.6. The van der Waals surface area contributed by atoms with E-state index in [1.54, 1.807) is 17.9 Å². The lowest BCUT2D eigenvalue weighted by Crippen LogP contribution is -2.09. The molecule has 2 N–H and O–H groups in total. The van der Waals surface area contributed by atoms with Crippen molar-refractivity contribution in [3.63, 3.8) is 0 Å². The number of furan rings is 1. The molecule has 0 fully saturated rings. The highest BCUT2D eigenvalue weighted by atomic mass is 16.5. The molecular formula is C31H31N3O5. The summed E-state index contributed by atoms with van der Waals surface area (Å²) in [5, 5.41) is 5.29. The van der Waals surface area contributed by atoms with Gasteiger partial charge in [0.05, 0.1) is 25.0 Å². The van der Waals surface area contributed by atoms with Gasteiger partial charge in [0.15, 0.2) is 11.3 Å². The number of nitrogens with zero attached hydrogens (tertiary/aromatic N) is 2. The molecule has 39 heavy (non-hydrogen) atoms. The molecule has 5 aromatic rings. The van der Waals surface area contributed by atoms with Crippen LogP contribution in [0.4, 0.5) is 0 Å². The van der Waals surface area contributed by atoms with Crippen molar-refractivity contribution in [3.05, 3.63) is 102 Å². The van der Waals surface area contributed by atoms with Crippen LogP contribution in [-0.4, -0.2) is 22.4 Å². The van der Waals surface area contributed by atoms with Gasteiger partial charge in [-0.1, -0.05) is 36.4 Å². The number of aryl methyl sites for hydroxylation is 1. The fourth-order valence-electron chi connectivity index (χ4n) is 4.42. The van der Waals surface area contributed by atoms with Crippen LogP contribution in [0.1, 0.15) is 29.3 Å². The third-order valence-corrected chi connectivity index (χ3v) is 6.36. The highest BCUT2D eigenvalue weighted by Crippen LogP contribution is 2.37. The Kier molecular flexibility index (Phi) is 7.94. The zero-order valence-electron chi connectivity index (χ0n) is 22.1. The standard InChI is InChI=1S/C31H31N3O5/c1-3-36-30(35)16-23-8-4-5-10-28(23)37-18-25-19-39-31-27(25)14-24(22-9-6-7-21(13-22)17-32)15-29(31)38-20-26-11-12-34(2)33-26/h4-15,19H,3,16-18,20,32H2,1-2H3. The van der Waals surface area contributed by atoms with E-state index in [1.165, 1.54) is 0 Å². The summed E-state index contributed by atoms with van der Waals surface area (Å²) in [5.41, 5.74) is 12.0. The van der Waals surface area contributed by atoms with Gasteiger partial charge in [-0.25, -0.2) is 0 Å². The Balaban J connectivity index is 1.47. The SMILES string of the molecule is CCOC(=O)Cc1ccccc1OCc1coc2c(OCc3ccn(C)n3)cc(-c3cccc(CN)c3)cc12. The van der Waals surface area contributed by atoms with Gasteiger partial charge in [0.25, 0.3) is 0 Å². The van der Waals surface area contributed by atoms with Gasteiger partial charge in [0.2, 0.25) is 0 Å². The Bertz CT molecular complexity index is 1590. The molecule has 0 amide bonds. The Morgan fingerprint density at radius 3 is 2.59 bits per heavy atom. The van der Waals surface area contributed by atoms with E-state index >= 15 is 0 Å². The van der Waals surface area contributed by atoms with Gasteiger partial charge in [0, 0.05) is 36.3 Å². The van der Waals surface area contributed by atoms with Crippen LogP contribution in [0.3, 0.4) is 0 Å². The van der Waals surface area contributed by atoms with Gasteiger partial charge in [-0.15, -0.1) is 0 Å². The van der Waals surface area contributed by atoms with Crippen LogP contribution < -0.4 is 15.2 Å². The lowest BCUT2D eigenvalue weighted by atomic mass is 10.00. The molecule has 0 saturated heterocycles. The van der Waals surface area contributed by atoms with Crippen molar-refractivity contribution in [2.75, 3.05) is 6.61 Å². The topological polar surface area (TPSA) is 102 Å².